The Hall–Kier alpha value is -2.97. The Morgan fingerprint density at radius 2 is 1.96 bits per heavy atom. The summed E-state index contributed by atoms with van der Waals surface area (Å²) in [5.74, 6) is 3.11. The second-order valence-corrected chi connectivity index (χ2v) is 6.80. The number of terminal acetylenes is 1. The molecule has 1 amide bonds. The summed E-state index contributed by atoms with van der Waals surface area (Å²) in [5, 5.41) is 9.55. The minimum absolute atomic E-state index is 0.00823. The number of halogens is 1. The average molecular weight is 398 g/mol. The normalized spacial score (nSPS) is 10.5. The van der Waals surface area contributed by atoms with E-state index in [-0.39, 0.29) is 12.5 Å². The van der Waals surface area contributed by atoms with E-state index in [0.717, 1.165) is 16.7 Å². The van der Waals surface area contributed by atoms with Crippen molar-refractivity contribution in [3.05, 3.63) is 64.2 Å². The second kappa shape index (κ2) is 11.0. The molecule has 0 radical (unpaired) electrons. The third-order valence-corrected chi connectivity index (χ3v) is 4.11. The molecule has 0 spiro atoms. The van der Waals surface area contributed by atoms with Gasteiger partial charge in [0, 0.05) is 37.6 Å². The van der Waals surface area contributed by atoms with Crippen LogP contribution >= 0.6 is 11.6 Å². The summed E-state index contributed by atoms with van der Waals surface area (Å²) in [6, 6.07) is 13.2. The topological polar surface area (TPSA) is 53.9 Å². The summed E-state index contributed by atoms with van der Waals surface area (Å²) in [6.45, 7) is 0.671. The number of aryl methyl sites for hydroxylation is 1. The first-order valence-electron chi connectivity index (χ1n) is 8.89. The Morgan fingerprint density at radius 3 is 2.64 bits per heavy atom. The maximum atomic E-state index is 12.1. The molecule has 0 saturated carbocycles. The molecule has 0 saturated heterocycles. The summed E-state index contributed by atoms with van der Waals surface area (Å²) in [7, 11) is 3.68. The Kier molecular flexibility index (Phi) is 8.38. The molecule has 6 heteroatoms. The minimum atomic E-state index is -0.00823. The summed E-state index contributed by atoms with van der Waals surface area (Å²) in [5.41, 5.74) is 2.85. The zero-order valence-corrected chi connectivity index (χ0v) is 16.9. The van der Waals surface area contributed by atoms with Crippen LogP contribution in [0.15, 0.2) is 47.6 Å². The number of nitrogens with zero attached hydrogens (tertiary/aromatic N) is 2. The molecular weight excluding hydrogens is 374 g/mol. The third-order valence-electron chi connectivity index (χ3n) is 3.86. The summed E-state index contributed by atoms with van der Waals surface area (Å²) < 4.78 is 5.56. The predicted molar refractivity (Wildman–Crippen MR) is 114 cm³/mol. The Balaban J connectivity index is 1.94. The van der Waals surface area contributed by atoms with Crippen LogP contribution in [0.1, 0.15) is 23.1 Å². The molecule has 1 N–H and O–H groups in total. The fourth-order valence-electron chi connectivity index (χ4n) is 2.43. The van der Waals surface area contributed by atoms with Crippen molar-refractivity contribution in [2.45, 2.75) is 19.4 Å². The van der Waals surface area contributed by atoms with Crippen LogP contribution < -0.4 is 10.1 Å². The quantitative estimate of drug-likeness (QED) is 0.400. The van der Waals surface area contributed by atoms with Crippen molar-refractivity contribution in [2.75, 3.05) is 20.7 Å². The van der Waals surface area contributed by atoms with Crippen LogP contribution in [0.5, 0.6) is 5.75 Å². The van der Waals surface area contributed by atoms with Crippen LogP contribution in [-0.4, -0.2) is 37.8 Å². The highest BCUT2D eigenvalue weighted by atomic mass is 35.5. The van der Waals surface area contributed by atoms with E-state index in [1.54, 1.807) is 11.2 Å². The molecule has 0 aliphatic heterocycles. The van der Waals surface area contributed by atoms with Gasteiger partial charge in [-0.05, 0) is 41.8 Å². The molecule has 0 atom stereocenters. The molecule has 0 unspecified atom stereocenters. The molecule has 28 heavy (non-hydrogen) atoms. The van der Waals surface area contributed by atoms with Crippen molar-refractivity contribution in [1.82, 2.24) is 10.3 Å². The number of rotatable bonds is 9. The van der Waals surface area contributed by atoms with Gasteiger partial charge in [0.25, 0.3) is 0 Å². The van der Waals surface area contributed by atoms with Crippen molar-refractivity contribution >= 4 is 23.7 Å². The van der Waals surface area contributed by atoms with Gasteiger partial charge in [0.15, 0.2) is 0 Å². The van der Waals surface area contributed by atoms with Crippen molar-refractivity contribution in [2.24, 2.45) is 5.10 Å². The van der Waals surface area contributed by atoms with E-state index < -0.39 is 0 Å². The fourth-order valence-corrected chi connectivity index (χ4v) is 2.56. The van der Waals surface area contributed by atoms with Crippen LogP contribution in [-0.2, 0) is 17.8 Å². The van der Waals surface area contributed by atoms with E-state index in [1.807, 2.05) is 56.6 Å². The summed E-state index contributed by atoms with van der Waals surface area (Å²) >= 11 is 5.87. The largest absolute Gasteiger partial charge is 0.480 e. The highest BCUT2D eigenvalue weighted by Crippen LogP contribution is 2.20. The lowest BCUT2D eigenvalue weighted by Crippen LogP contribution is -2.22. The van der Waals surface area contributed by atoms with Gasteiger partial charge in [-0.3, -0.25) is 4.79 Å². The van der Waals surface area contributed by atoms with E-state index in [2.05, 4.69) is 16.3 Å². The zero-order valence-electron chi connectivity index (χ0n) is 16.1. The minimum Gasteiger partial charge on any atom is -0.480 e. The fraction of sp³-hybridized carbons (Fsp3) is 0.273. The Morgan fingerprint density at radius 1 is 1.25 bits per heavy atom. The molecular formula is C22H24ClN3O2. The number of hydrogen-bond acceptors (Lipinski definition) is 4. The first-order chi connectivity index (χ1) is 13.5. The van der Waals surface area contributed by atoms with E-state index in [4.69, 9.17) is 22.8 Å². The number of ether oxygens (including phenoxy) is 1. The van der Waals surface area contributed by atoms with Gasteiger partial charge >= 0.3 is 0 Å². The van der Waals surface area contributed by atoms with Crippen LogP contribution in [0.4, 0.5) is 0 Å². The smallest absolute Gasteiger partial charge is 0.220 e. The highest BCUT2D eigenvalue weighted by molar-refractivity contribution is 6.30. The maximum Gasteiger partial charge on any atom is 0.220 e. The van der Waals surface area contributed by atoms with Gasteiger partial charge in [0.1, 0.15) is 12.4 Å². The molecule has 2 aromatic carbocycles. The Labute approximate surface area is 171 Å². The maximum absolute atomic E-state index is 12.1. The standard InChI is InChI=1S/C22H24ClN3O2/c1-4-13-28-21-11-7-17(14-19(21)16-25-26(2)3)8-12-22(27)24-15-18-5-9-20(23)10-6-18/h1,5-7,9-11,14,16H,8,12-13,15H2,2-3H3,(H,24,27)/b25-16+. The zero-order chi connectivity index (χ0) is 20.4. The van der Waals surface area contributed by atoms with Gasteiger partial charge in [0.05, 0.1) is 6.21 Å². The average Bonchev–Trinajstić information content (AvgIpc) is 2.69. The summed E-state index contributed by atoms with van der Waals surface area (Å²) in [4.78, 5) is 12.1. The number of nitrogens with one attached hydrogen (secondary N) is 1. The van der Waals surface area contributed by atoms with Crippen LogP contribution in [0.25, 0.3) is 0 Å². The van der Waals surface area contributed by atoms with E-state index in [0.29, 0.717) is 30.2 Å². The lowest BCUT2D eigenvalue weighted by molar-refractivity contribution is -0.121. The molecule has 2 aromatic rings. The van der Waals surface area contributed by atoms with Crippen molar-refractivity contribution in [3.63, 3.8) is 0 Å². The number of amides is 1. The molecule has 2 rings (SSSR count). The highest BCUT2D eigenvalue weighted by Gasteiger charge is 2.07. The predicted octanol–water partition coefficient (Wildman–Crippen LogP) is 3.50. The molecule has 0 bridgehead atoms. The molecule has 0 heterocycles. The molecule has 146 valence electrons. The number of benzene rings is 2. The number of hydrazone groups is 1. The van der Waals surface area contributed by atoms with Crippen LogP contribution in [0.3, 0.4) is 0 Å². The molecule has 0 aliphatic rings. The lowest BCUT2D eigenvalue weighted by Gasteiger charge is -2.10. The summed E-state index contributed by atoms with van der Waals surface area (Å²) in [6.07, 6.45) is 7.99. The second-order valence-electron chi connectivity index (χ2n) is 6.36. The first-order valence-corrected chi connectivity index (χ1v) is 9.27. The number of carbonyl (C=O) groups is 1. The molecule has 5 nitrogen and oxygen atoms in total. The number of hydrogen-bond donors (Lipinski definition) is 1. The van der Waals surface area contributed by atoms with E-state index >= 15 is 0 Å². The van der Waals surface area contributed by atoms with Gasteiger partial charge in [0.2, 0.25) is 5.91 Å². The van der Waals surface area contributed by atoms with Crippen molar-refractivity contribution in [3.8, 4) is 18.1 Å². The number of carbonyl (C=O) groups excluding carboxylic acids is 1. The molecule has 0 aliphatic carbocycles. The van der Waals surface area contributed by atoms with Crippen LogP contribution in [0.2, 0.25) is 5.02 Å². The van der Waals surface area contributed by atoms with Crippen molar-refractivity contribution < 1.29 is 9.53 Å². The Bertz CT molecular complexity index is 855. The van der Waals surface area contributed by atoms with Gasteiger partial charge in [-0.1, -0.05) is 35.7 Å². The van der Waals surface area contributed by atoms with Crippen molar-refractivity contribution in [1.29, 1.82) is 0 Å². The van der Waals surface area contributed by atoms with Gasteiger partial charge < -0.3 is 15.1 Å². The monoisotopic (exact) mass is 397 g/mol. The molecule has 0 fully saturated rings. The van der Waals surface area contributed by atoms with Gasteiger partial charge in [-0.15, -0.1) is 6.42 Å². The third kappa shape index (κ3) is 7.34. The van der Waals surface area contributed by atoms with E-state index in [9.17, 15) is 4.79 Å². The lowest BCUT2D eigenvalue weighted by atomic mass is 10.1. The van der Waals surface area contributed by atoms with Gasteiger partial charge in [-0.2, -0.15) is 5.10 Å². The molecule has 0 aromatic heterocycles. The first kappa shape index (κ1) is 21.3. The van der Waals surface area contributed by atoms with E-state index in [1.165, 1.54) is 0 Å². The van der Waals surface area contributed by atoms with Gasteiger partial charge in [-0.25, -0.2) is 0 Å². The SMILES string of the molecule is C#CCOc1ccc(CCC(=O)NCc2ccc(Cl)cc2)cc1/C=N/N(C)C. The van der Waals surface area contributed by atoms with Crippen LogP contribution in [0, 0.1) is 12.3 Å².